The molecule has 0 aromatic heterocycles. The first kappa shape index (κ1) is 10.5. The Morgan fingerprint density at radius 3 is 2.73 bits per heavy atom. The highest BCUT2D eigenvalue weighted by Gasteiger charge is 2.29. The van der Waals surface area contributed by atoms with Crippen molar-refractivity contribution in [3.05, 3.63) is 29.8 Å². The van der Waals surface area contributed by atoms with Gasteiger partial charge in [0.2, 0.25) is 0 Å². The van der Waals surface area contributed by atoms with Gasteiger partial charge in [0.25, 0.3) is 0 Å². The Morgan fingerprint density at radius 1 is 1.27 bits per heavy atom. The van der Waals surface area contributed by atoms with Crippen LogP contribution in [-0.2, 0) is 9.84 Å². The molecule has 1 aliphatic heterocycles. The van der Waals surface area contributed by atoms with Crippen LogP contribution in [0.3, 0.4) is 0 Å². The Balaban J connectivity index is 2.37. The lowest BCUT2D eigenvalue weighted by molar-refractivity contribution is 0.546. The summed E-state index contributed by atoms with van der Waals surface area (Å²) in [7, 11) is -2.95. The van der Waals surface area contributed by atoms with Gasteiger partial charge in [0, 0.05) is 5.69 Å². The van der Waals surface area contributed by atoms with Crippen molar-refractivity contribution in [3.8, 4) is 0 Å². The molecule has 0 aliphatic carbocycles. The third kappa shape index (κ3) is 2.15. The van der Waals surface area contributed by atoms with E-state index in [1.54, 1.807) is 12.1 Å². The number of hydrogen-bond donors (Lipinski definition) is 1. The number of nitrogens with two attached hydrogens (primary N) is 1. The summed E-state index contributed by atoms with van der Waals surface area (Å²) in [5.74, 6) is 0.312. The monoisotopic (exact) mass is 225 g/mol. The number of hydrogen-bond acceptors (Lipinski definition) is 3. The highest BCUT2D eigenvalue weighted by molar-refractivity contribution is 7.91. The van der Waals surface area contributed by atoms with Crippen molar-refractivity contribution in [2.24, 2.45) is 0 Å². The molecule has 1 aromatic rings. The average molecular weight is 225 g/mol. The van der Waals surface area contributed by atoms with E-state index < -0.39 is 9.84 Å². The zero-order chi connectivity index (χ0) is 10.9. The molecule has 1 saturated heterocycles. The SMILES string of the molecule is Nc1cccc(C2CCCCS2(=O)=O)c1. The van der Waals surface area contributed by atoms with E-state index in [4.69, 9.17) is 5.73 Å². The quantitative estimate of drug-likeness (QED) is 0.743. The summed E-state index contributed by atoms with van der Waals surface area (Å²) in [5, 5.41) is -0.338. The van der Waals surface area contributed by atoms with Gasteiger partial charge in [0.1, 0.15) is 0 Å². The first-order chi connectivity index (χ1) is 7.09. The van der Waals surface area contributed by atoms with Crippen LogP contribution in [0.1, 0.15) is 30.1 Å². The molecular weight excluding hydrogens is 210 g/mol. The highest BCUT2D eigenvalue weighted by Crippen LogP contribution is 2.33. The Morgan fingerprint density at radius 2 is 2.07 bits per heavy atom. The molecule has 1 aliphatic rings. The van der Waals surface area contributed by atoms with Gasteiger partial charge in [-0.3, -0.25) is 0 Å². The first-order valence-corrected chi connectivity index (χ1v) is 6.88. The zero-order valence-electron chi connectivity index (χ0n) is 8.52. The van der Waals surface area contributed by atoms with Gasteiger partial charge in [-0.05, 0) is 30.5 Å². The van der Waals surface area contributed by atoms with E-state index in [-0.39, 0.29) is 5.25 Å². The molecule has 0 amide bonds. The van der Waals surface area contributed by atoms with Gasteiger partial charge in [-0.15, -0.1) is 0 Å². The van der Waals surface area contributed by atoms with Crippen LogP contribution in [0.25, 0.3) is 0 Å². The van der Waals surface area contributed by atoms with Gasteiger partial charge in [0.05, 0.1) is 11.0 Å². The van der Waals surface area contributed by atoms with Crippen molar-refractivity contribution in [2.75, 3.05) is 11.5 Å². The number of anilines is 1. The number of sulfone groups is 1. The van der Waals surface area contributed by atoms with Gasteiger partial charge < -0.3 is 5.73 Å². The van der Waals surface area contributed by atoms with Crippen molar-refractivity contribution in [1.82, 2.24) is 0 Å². The molecule has 1 unspecified atom stereocenters. The topological polar surface area (TPSA) is 60.2 Å². The molecule has 4 heteroatoms. The van der Waals surface area contributed by atoms with Gasteiger partial charge in [-0.1, -0.05) is 18.6 Å². The second kappa shape index (κ2) is 3.85. The Labute approximate surface area is 90.2 Å². The molecule has 82 valence electrons. The molecule has 0 radical (unpaired) electrons. The van der Waals surface area contributed by atoms with Crippen LogP contribution in [0, 0.1) is 0 Å². The summed E-state index contributed by atoms with van der Waals surface area (Å²) in [6.07, 6.45) is 2.51. The maximum Gasteiger partial charge on any atom is 0.157 e. The molecule has 0 spiro atoms. The van der Waals surface area contributed by atoms with Crippen molar-refractivity contribution in [2.45, 2.75) is 24.5 Å². The van der Waals surface area contributed by atoms with Gasteiger partial charge in [-0.25, -0.2) is 8.42 Å². The van der Waals surface area contributed by atoms with Crippen molar-refractivity contribution in [1.29, 1.82) is 0 Å². The molecule has 15 heavy (non-hydrogen) atoms. The first-order valence-electron chi connectivity index (χ1n) is 5.16. The van der Waals surface area contributed by atoms with Crippen LogP contribution in [0.5, 0.6) is 0 Å². The summed E-state index contributed by atoms with van der Waals surface area (Å²) >= 11 is 0. The minimum absolute atomic E-state index is 0.312. The molecule has 2 N–H and O–H groups in total. The maximum atomic E-state index is 11.9. The molecule has 1 aromatic carbocycles. The number of rotatable bonds is 1. The number of nitrogen functional groups attached to an aromatic ring is 1. The van der Waals surface area contributed by atoms with Gasteiger partial charge in [-0.2, -0.15) is 0 Å². The fourth-order valence-electron chi connectivity index (χ4n) is 2.09. The standard InChI is InChI=1S/C11H15NO2S/c12-10-5-3-4-9(8-10)11-6-1-2-7-15(11,13)14/h3-5,8,11H,1-2,6-7,12H2. The summed E-state index contributed by atoms with van der Waals surface area (Å²) in [4.78, 5) is 0. The molecule has 3 nitrogen and oxygen atoms in total. The van der Waals surface area contributed by atoms with Crippen LogP contribution in [0.2, 0.25) is 0 Å². The fraction of sp³-hybridized carbons (Fsp3) is 0.455. The third-order valence-corrected chi connectivity index (χ3v) is 5.09. The van der Waals surface area contributed by atoms with Gasteiger partial charge in [0.15, 0.2) is 9.84 Å². The van der Waals surface area contributed by atoms with E-state index in [1.165, 1.54) is 0 Å². The minimum atomic E-state index is -2.95. The van der Waals surface area contributed by atoms with Crippen LogP contribution in [-0.4, -0.2) is 14.2 Å². The summed E-state index contributed by atoms with van der Waals surface area (Å²) in [5.41, 5.74) is 7.13. The maximum absolute atomic E-state index is 11.9. The molecule has 2 rings (SSSR count). The van der Waals surface area contributed by atoms with E-state index in [0.29, 0.717) is 11.4 Å². The summed E-state index contributed by atoms with van der Waals surface area (Å²) in [6, 6.07) is 7.21. The Hall–Kier alpha value is -1.03. The molecule has 1 fully saturated rings. The Bertz CT molecular complexity index is 453. The second-order valence-electron chi connectivity index (χ2n) is 4.02. The third-order valence-electron chi connectivity index (χ3n) is 2.86. The lowest BCUT2D eigenvalue weighted by Crippen LogP contribution is -2.21. The van der Waals surface area contributed by atoms with E-state index in [0.717, 1.165) is 24.8 Å². The van der Waals surface area contributed by atoms with Crippen molar-refractivity contribution < 1.29 is 8.42 Å². The highest BCUT2D eigenvalue weighted by atomic mass is 32.2. The molecular formula is C11H15NO2S. The van der Waals surface area contributed by atoms with E-state index in [9.17, 15) is 8.42 Å². The Kier molecular flexibility index (Phi) is 2.69. The lowest BCUT2D eigenvalue weighted by Gasteiger charge is -2.22. The molecule has 1 atom stereocenters. The van der Waals surface area contributed by atoms with Crippen LogP contribution < -0.4 is 5.73 Å². The van der Waals surface area contributed by atoms with Crippen LogP contribution in [0.15, 0.2) is 24.3 Å². The van der Waals surface area contributed by atoms with E-state index >= 15 is 0 Å². The van der Waals surface area contributed by atoms with E-state index in [2.05, 4.69) is 0 Å². The predicted molar refractivity (Wildman–Crippen MR) is 61.2 cm³/mol. The second-order valence-corrected chi connectivity index (χ2v) is 6.32. The smallest absolute Gasteiger partial charge is 0.157 e. The minimum Gasteiger partial charge on any atom is -0.399 e. The van der Waals surface area contributed by atoms with Crippen molar-refractivity contribution >= 4 is 15.5 Å². The molecule has 1 heterocycles. The molecule has 0 bridgehead atoms. The number of benzene rings is 1. The zero-order valence-corrected chi connectivity index (χ0v) is 9.33. The molecule has 0 saturated carbocycles. The predicted octanol–water partition coefficient (Wildman–Crippen LogP) is 1.91. The lowest BCUT2D eigenvalue weighted by atomic mass is 10.1. The van der Waals surface area contributed by atoms with Crippen LogP contribution in [0.4, 0.5) is 5.69 Å². The van der Waals surface area contributed by atoms with E-state index in [1.807, 2.05) is 12.1 Å². The fourth-order valence-corrected chi connectivity index (χ4v) is 4.07. The van der Waals surface area contributed by atoms with Gasteiger partial charge >= 0.3 is 0 Å². The normalized spacial score (nSPS) is 24.9. The largest absolute Gasteiger partial charge is 0.399 e. The summed E-state index contributed by atoms with van der Waals surface area (Å²) < 4.78 is 23.7. The average Bonchev–Trinajstić information content (AvgIpc) is 2.17. The summed E-state index contributed by atoms with van der Waals surface area (Å²) in [6.45, 7) is 0. The van der Waals surface area contributed by atoms with Crippen molar-refractivity contribution in [3.63, 3.8) is 0 Å². The van der Waals surface area contributed by atoms with Crippen LogP contribution >= 0.6 is 0 Å².